The summed E-state index contributed by atoms with van der Waals surface area (Å²) in [5.41, 5.74) is 1.38. The zero-order valence-corrected chi connectivity index (χ0v) is 13.3. The highest BCUT2D eigenvalue weighted by Crippen LogP contribution is 2.44. The third-order valence-electron chi connectivity index (χ3n) is 4.78. The van der Waals surface area contributed by atoms with Crippen LogP contribution in [0.1, 0.15) is 49.7 Å². The van der Waals surface area contributed by atoms with Crippen molar-refractivity contribution in [2.24, 2.45) is 11.3 Å². The summed E-state index contributed by atoms with van der Waals surface area (Å²) in [6, 6.07) is 0. The predicted molar refractivity (Wildman–Crippen MR) is 82.9 cm³/mol. The summed E-state index contributed by atoms with van der Waals surface area (Å²) in [7, 11) is 0. The van der Waals surface area contributed by atoms with Crippen LogP contribution in [0.3, 0.4) is 0 Å². The summed E-state index contributed by atoms with van der Waals surface area (Å²) in [4.78, 5) is 7.19. The van der Waals surface area contributed by atoms with Gasteiger partial charge in [-0.3, -0.25) is 4.90 Å². The van der Waals surface area contributed by atoms with E-state index in [1.165, 1.54) is 42.8 Å². The molecule has 1 aliphatic heterocycles. The molecule has 0 spiro atoms. The highest BCUT2D eigenvalue weighted by Gasteiger charge is 2.39. The lowest BCUT2D eigenvalue weighted by Crippen LogP contribution is -2.45. The molecule has 3 rings (SSSR count). The number of thiazole rings is 1. The van der Waals surface area contributed by atoms with Gasteiger partial charge in [0.25, 0.3) is 0 Å². The Morgan fingerprint density at radius 3 is 3.00 bits per heavy atom. The van der Waals surface area contributed by atoms with Crippen LogP contribution in [0.4, 0.5) is 0 Å². The number of likely N-dealkylation sites (tertiary alicyclic amines) is 1. The van der Waals surface area contributed by atoms with Gasteiger partial charge in [0, 0.05) is 30.5 Å². The van der Waals surface area contributed by atoms with Crippen molar-refractivity contribution in [2.45, 2.75) is 52.0 Å². The molecule has 1 saturated heterocycles. The Labute approximate surface area is 126 Å². The lowest BCUT2D eigenvalue weighted by molar-refractivity contribution is 0.0176. The summed E-state index contributed by atoms with van der Waals surface area (Å²) < 4.78 is 0. The van der Waals surface area contributed by atoms with Crippen molar-refractivity contribution in [2.75, 3.05) is 19.7 Å². The van der Waals surface area contributed by atoms with Gasteiger partial charge >= 0.3 is 0 Å². The molecule has 112 valence electrons. The molecule has 0 radical (unpaired) electrons. The Morgan fingerprint density at radius 2 is 2.35 bits per heavy atom. The van der Waals surface area contributed by atoms with E-state index >= 15 is 0 Å². The second-order valence-electron chi connectivity index (χ2n) is 6.71. The van der Waals surface area contributed by atoms with E-state index in [0.29, 0.717) is 6.61 Å². The lowest BCUT2D eigenvalue weighted by atomic mass is 9.76. The molecule has 1 saturated carbocycles. The minimum Gasteiger partial charge on any atom is -0.396 e. The molecule has 1 N–H and O–H groups in total. The minimum absolute atomic E-state index is 0.170. The van der Waals surface area contributed by atoms with Gasteiger partial charge in [0.2, 0.25) is 0 Å². The number of aromatic nitrogens is 1. The molecule has 4 heteroatoms. The molecule has 1 aliphatic carbocycles. The predicted octanol–water partition coefficient (Wildman–Crippen LogP) is 3.08. The van der Waals surface area contributed by atoms with Crippen LogP contribution >= 0.6 is 11.3 Å². The smallest absolute Gasteiger partial charge is 0.0926 e. The Balaban J connectivity index is 1.61. The first kappa shape index (κ1) is 14.5. The first-order valence-electron chi connectivity index (χ1n) is 7.99. The van der Waals surface area contributed by atoms with Crippen LogP contribution in [0.2, 0.25) is 0 Å². The van der Waals surface area contributed by atoms with E-state index in [1.807, 2.05) is 0 Å². The molecule has 2 fully saturated rings. The Kier molecular flexibility index (Phi) is 4.43. The van der Waals surface area contributed by atoms with Crippen LogP contribution in [-0.4, -0.2) is 34.7 Å². The molecule has 0 aromatic carbocycles. The molecule has 1 aromatic heterocycles. The van der Waals surface area contributed by atoms with Crippen molar-refractivity contribution >= 4 is 11.3 Å². The van der Waals surface area contributed by atoms with Crippen molar-refractivity contribution in [3.8, 4) is 0 Å². The maximum absolute atomic E-state index is 9.90. The maximum atomic E-state index is 9.90. The second kappa shape index (κ2) is 6.12. The second-order valence-corrected chi connectivity index (χ2v) is 7.65. The summed E-state index contributed by atoms with van der Waals surface area (Å²) in [6.07, 6.45) is 7.46. The summed E-state index contributed by atoms with van der Waals surface area (Å²) in [5.74, 6) is 0.896. The molecule has 0 bridgehead atoms. The van der Waals surface area contributed by atoms with Crippen LogP contribution in [0.5, 0.6) is 0 Å². The molecule has 3 nitrogen and oxygen atoms in total. The van der Waals surface area contributed by atoms with Gasteiger partial charge in [-0.15, -0.1) is 11.3 Å². The first-order valence-corrected chi connectivity index (χ1v) is 8.87. The lowest BCUT2D eigenvalue weighted by Gasteiger charge is -2.42. The fraction of sp³-hybridized carbons (Fsp3) is 0.812. The van der Waals surface area contributed by atoms with Crippen LogP contribution in [0.15, 0.2) is 5.38 Å². The number of hydrogen-bond donors (Lipinski definition) is 1. The van der Waals surface area contributed by atoms with E-state index in [4.69, 9.17) is 0 Å². The van der Waals surface area contributed by atoms with E-state index < -0.39 is 0 Å². The quantitative estimate of drug-likeness (QED) is 0.876. The molecular formula is C16H26N2OS. The summed E-state index contributed by atoms with van der Waals surface area (Å²) in [6.45, 7) is 5.69. The Hall–Kier alpha value is -0.450. The average molecular weight is 294 g/mol. The average Bonchev–Trinajstić information content (AvgIpc) is 3.15. The minimum atomic E-state index is 0.170. The van der Waals surface area contributed by atoms with Crippen molar-refractivity contribution in [3.05, 3.63) is 16.1 Å². The normalized spacial score (nSPS) is 27.9. The largest absolute Gasteiger partial charge is 0.396 e. The van der Waals surface area contributed by atoms with Crippen LogP contribution in [-0.2, 0) is 13.0 Å². The van der Waals surface area contributed by atoms with E-state index in [2.05, 4.69) is 22.2 Å². The van der Waals surface area contributed by atoms with Gasteiger partial charge in [0.15, 0.2) is 0 Å². The molecule has 1 aromatic rings. The SMILES string of the molecule is CCc1nc(CN2CCCC(CO)(CC3CC3)C2)cs1. The van der Waals surface area contributed by atoms with Gasteiger partial charge in [-0.25, -0.2) is 4.98 Å². The third-order valence-corrected chi connectivity index (χ3v) is 5.82. The molecule has 1 atom stereocenters. The van der Waals surface area contributed by atoms with E-state index in [-0.39, 0.29) is 5.41 Å². The molecule has 1 unspecified atom stereocenters. The number of aryl methyl sites for hydroxylation is 1. The highest BCUT2D eigenvalue weighted by molar-refractivity contribution is 7.09. The number of rotatable bonds is 6. The standard InChI is InChI=1S/C16H26N2OS/c1-2-15-17-14(10-20-15)9-18-7-3-6-16(11-18,12-19)8-13-4-5-13/h10,13,19H,2-9,11-12H2,1H3. The number of piperidine rings is 1. The Bertz CT molecular complexity index is 443. The van der Waals surface area contributed by atoms with Gasteiger partial charge in [0.05, 0.1) is 10.7 Å². The first-order chi connectivity index (χ1) is 9.73. The van der Waals surface area contributed by atoms with E-state index in [9.17, 15) is 5.11 Å². The van der Waals surface area contributed by atoms with Gasteiger partial charge < -0.3 is 5.11 Å². The van der Waals surface area contributed by atoms with Gasteiger partial charge in [-0.1, -0.05) is 19.8 Å². The molecule has 20 heavy (non-hydrogen) atoms. The van der Waals surface area contributed by atoms with Crippen molar-refractivity contribution < 1.29 is 5.11 Å². The molecule has 2 aliphatic rings. The summed E-state index contributed by atoms with van der Waals surface area (Å²) >= 11 is 1.78. The van der Waals surface area contributed by atoms with Crippen molar-refractivity contribution in [1.82, 2.24) is 9.88 Å². The summed E-state index contributed by atoms with van der Waals surface area (Å²) in [5, 5.41) is 13.3. The maximum Gasteiger partial charge on any atom is 0.0926 e. The molecular weight excluding hydrogens is 268 g/mol. The zero-order chi connectivity index (χ0) is 14.0. The number of hydrogen-bond acceptors (Lipinski definition) is 4. The van der Waals surface area contributed by atoms with Gasteiger partial charge in [0.1, 0.15) is 0 Å². The van der Waals surface area contributed by atoms with Crippen molar-refractivity contribution in [1.29, 1.82) is 0 Å². The van der Waals surface area contributed by atoms with Crippen LogP contribution in [0.25, 0.3) is 0 Å². The topological polar surface area (TPSA) is 36.4 Å². The third kappa shape index (κ3) is 3.41. The fourth-order valence-electron chi connectivity index (χ4n) is 3.55. The number of nitrogens with zero attached hydrogens (tertiary/aromatic N) is 2. The molecule has 2 heterocycles. The monoisotopic (exact) mass is 294 g/mol. The highest BCUT2D eigenvalue weighted by atomic mass is 32.1. The molecule has 0 amide bonds. The van der Waals surface area contributed by atoms with E-state index in [1.54, 1.807) is 11.3 Å². The Morgan fingerprint density at radius 1 is 1.50 bits per heavy atom. The van der Waals surface area contributed by atoms with Gasteiger partial charge in [-0.2, -0.15) is 0 Å². The number of aliphatic hydroxyl groups is 1. The number of aliphatic hydroxyl groups excluding tert-OH is 1. The van der Waals surface area contributed by atoms with Crippen LogP contribution < -0.4 is 0 Å². The van der Waals surface area contributed by atoms with Crippen molar-refractivity contribution in [3.63, 3.8) is 0 Å². The van der Waals surface area contributed by atoms with Crippen LogP contribution in [0, 0.1) is 11.3 Å². The van der Waals surface area contributed by atoms with E-state index in [0.717, 1.165) is 32.0 Å². The fourth-order valence-corrected chi connectivity index (χ4v) is 4.29. The van der Waals surface area contributed by atoms with Gasteiger partial charge in [-0.05, 0) is 38.1 Å². The zero-order valence-electron chi connectivity index (χ0n) is 12.5.